The molecule has 3 rings (SSSR count). The molecule has 132 valence electrons. The summed E-state index contributed by atoms with van der Waals surface area (Å²) >= 11 is 0. The molecule has 0 bridgehead atoms. The molecule has 6 heteroatoms. The number of carbonyl (C=O) groups excluding carboxylic acids is 1. The molecule has 2 aromatic rings. The number of urea groups is 1. The van der Waals surface area contributed by atoms with Gasteiger partial charge in [0.2, 0.25) is 0 Å². The number of aliphatic hydroxyl groups is 1. The number of nitrogens with one attached hydrogen (secondary N) is 1. The second-order valence-corrected chi connectivity index (χ2v) is 6.11. The highest BCUT2D eigenvalue weighted by atomic mass is 19.1. The van der Waals surface area contributed by atoms with Crippen molar-refractivity contribution < 1.29 is 18.7 Å². The fourth-order valence-electron chi connectivity index (χ4n) is 3.32. The maximum atomic E-state index is 13.3. The maximum absolute atomic E-state index is 13.3. The van der Waals surface area contributed by atoms with Gasteiger partial charge in [0.05, 0.1) is 6.04 Å². The van der Waals surface area contributed by atoms with E-state index in [1.54, 1.807) is 4.90 Å². The number of rotatable bonds is 5. The third-order valence-corrected chi connectivity index (χ3v) is 4.41. The first-order valence-corrected chi connectivity index (χ1v) is 8.31. The largest absolute Gasteiger partial charge is 0.396 e. The van der Waals surface area contributed by atoms with Crippen LogP contribution < -0.4 is 5.32 Å². The van der Waals surface area contributed by atoms with E-state index >= 15 is 0 Å². The normalized spacial score (nSPS) is 15.7. The average molecular weight is 346 g/mol. The van der Waals surface area contributed by atoms with E-state index in [-0.39, 0.29) is 18.3 Å². The number of aliphatic hydroxyl groups excluding tert-OH is 1. The molecule has 2 N–H and O–H groups in total. The summed E-state index contributed by atoms with van der Waals surface area (Å²) in [7, 11) is 0. The lowest BCUT2D eigenvalue weighted by Crippen LogP contribution is -2.38. The molecule has 1 aliphatic carbocycles. The van der Waals surface area contributed by atoms with Crippen molar-refractivity contribution in [3.05, 3.63) is 65.2 Å². The van der Waals surface area contributed by atoms with Crippen molar-refractivity contribution in [3.63, 3.8) is 0 Å². The van der Waals surface area contributed by atoms with Crippen molar-refractivity contribution in [2.24, 2.45) is 0 Å². The van der Waals surface area contributed by atoms with Crippen molar-refractivity contribution in [3.8, 4) is 0 Å². The van der Waals surface area contributed by atoms with Crippen LogP contribution in [0.2, 0.25) is 0 Å². The van der Waals surface area contributed by atoms with E-state index < -0.39 is 17.7 Å². The van der Waals surface area contributed by atoms with Crippen LogP contribution in [0.3, 0.4) is 0 Å². The third kappa shape index (κ3) is 3.96. The van der Waals surface area contributed by atoms with E-state index in [1.807, 2.05) is 24.3 Å². The standard InChI is InChI=1S/C19H20F2N2O2/c20-14-10-15(21)12-16(11-14)22-19(25)23(8-3-9-24)18-7-6-13-4-1-2-5-17(13)18/h1-2,4-5,10-12,18,24H,3,6-9H2,(H,22,25). The zero-order chi connectivity index (χ0) is 17.8. The second kappa shape index (κ2) is 7.61. The van der Waals surface area contributed by atoms with E-state index in [9.17, 15) is 13.6 Å². The number of halogens is 2. The zero-order valence-electron chi connectivity index (χ0n) is 13.7. The quantitative estimate of drug-likeness (QED) is 0.863. The highest BCUT2D eigenvalue weighted by Crippen LogP contribution is 2.36. The first-order chi connectivity index (χ1) is 12.1. The summed E-state index contributed by atoms with van der Waals surface area (Å²) in [6, 6.07) is 10.3. The van der Waals surface area contributed by atoms with Gasteiger partial charge in [-0.2, -0.15) is 0 Å². The smallest absolute Gasteiger partial charge is 0.322 e. The Labute approximate surface area is 145 Å². The van der Waals surface area contributed by atoms with Gasteiger partial charge < -0.3 is 15.3 Å². The molecule has 0 fully saturated rings. The van der Waals surface area contributed by atoms with Gasteiger partial charge >= 0.3 is 6.03 Å². The molecule has 0 aromatic heterocycles. The molecule has 4 nitrogen and oxygen atoms in total. The van der Waals surface area contributed by atoms with Gasteiger partial charge in [-0.25, -0.2) is 13.6 Å². The van der Waals surface area contributed by atoms with Gasteiger partial charge in [-0.1, -0.05) is 24.3 Å². The van der Waals surface area contributed by atoms with E-state index in [0.29, 0.717) is 13.0 Å². The Bertz CT molecular complexity index is 747. The van der Waals surface area contributed by atoms with E-state index in [4.69, 9.17) is 5.11 Å². The molecule has 0 heterocycles. The van der Waals surface area contributed by atoms with Crippen molar-refractivity contribution in [1.82, 2.24) is 4.90 Å². The number of fused-ring (bicyclic) bond motifs is 1. The van der Waals surface area contributed by atoms with E-state index in [2.05, 4.69) is 5.32 Å². The van der Waals surface area contributed by atoms with Gasteiger partial charge in [0.15, 0.2) is 0 Å². The van der Waals surface area contributed by atoms with Crippen LogP contribution in [0.1, 0.15) is 30.0 Å². The van der Waals surface area contributed by atoms with Crippen LogP contribution in [0.15, 0.2) is 42.5 Å². The van der Waals surface area contributed by atoms with Crippen molar-refractivity contribution in [2.45, 2.75) is 25.3 Å². The molecule has 2 amide bonds. The molecule has 2 aromatic carbocycles. The topological polar surface area (TPSA) is 52.6 Å². The number of hydrogen-bond donors (Lipinski definition) is 2. The predicted molar refractivity (Wildman–Crippen MR) is 91.3 cm³/mol. The minimum Gasteiger partial charge on any atom is -0.396 e. The van der Waals surface area contributed by atoms with Crippen LogP contribution in [0.5, 0.6) is 0 Å². The second-order valence-electron chi connectivity index (χ2n) is 6.11. The Balaban J connectivity index is 1.82. The van der Waals surface area contributed by atoms with Gasteiger partial charge in [-0.05, 0) is 42.5 Å². The highest BCUT2D eigenvalue weighted by Gasteiger charge is 2.30. The molecular weight excluding hydrogens is 326 g/mol. The van der Waals surface area contributed by atoms with Crippen LogP contribution in [0.25, 0.3) is 0 Å². The number of aryl methyl sites for hydroxylation is 1. The summed E-state index contributed by atoms with van der Waals surface area (Å²) in [5, 5.41) is 11.7. The third-order valence-electron chi connectivity index (χ3n) is 4.41. The molecule has 1 unspecified atom stereocenters. The summed E-state index contributed by atoms with van der Waals surface area (Å²) in [5.74, 6) is -1.49. The van der Waals surface area contributed by atoms with Gasteiger partial charge in [-0.3, -0.25) is 0 Å². The predicted octanol–water partition coefficient (Wildman–Crippen LogP) is 3.87. The first-order valence-electron chi connectivity index (χ1n) is 8.31. The monoisotopic (exact) mass is 346 g/mol. The number of carbonyl (C=O) groups is 1. The van der Waals surface area contributed by atoms with Gasteiger partial charge in [0.1, 0.15) is 11.6 Å². The Morgan fingerprint density at radius 1 is 1.20 bits per heavy atom. The molecule has 1 aliphatic rings. The number of nitrogens with zero attached hydrogens (tertiary/aromatic N) is 1. The van der Waals surface area contributed by atoms with Crippen LogP contribution >= 0.6 is 0 Å². The first kappa shape index (κ1) is 17.4. The van der Waals surface area contributed by atoms with E-state index in [0.717, 1.165) is 36.6 Å². The number of amides is 2. The Hall–Kier alpha value is -2.47. The molecule has 0 radical (unpaired) electrons. The summed E-state index contributed by atoms with van der Waals surface area (Å²) < 4.78 is 26.7. The average Bonchev–Trinajstić information content (AvgIpc) is 2.98. The van der Waals surface area contributed by atoms with Crippen LogP contribution in [-0.4, -0.2) is 29.2 Å². The molecule has 0 spiro atoms. The van der Waals surface area contributed by atoms with Gasteiger partial charge in [-0.15, -0.1) is 0 Å². The Morgan fingerprint density at radius 3 is 2.64 bits per heavy atom. The lowest BCUT2D eigenvalue weighted by Gasteiger charge is -2.30. The van der Waals surface area contributed by atoms with E-state index in [1.165, 1.54) is 5.56 Å². The Morgan fingerprint density at radius 2 is 1.92 bits per heavy atom. The molecule has 0 saturated carbocycles. The van der Waals surface area contributed by atoms with Crippen LogP contribution in [0.4, 0.5) is 19.3 Å². The molecule has 1 atom stereocenters. The van der Waals surface area contributed by atoms with Crippen molar-refractivity contribution >= 4 is 11.7 Å². The fourth-order valence-corrected chi connectivity index (χ4v) is 3.32. The summed E-state index contributed by atoms with van der Waals surface area (Å²) in [5.41, 5.74) is 2.36. The number of hydrogen-bond acceptors (Lipinski definition) is 2. The molecular formula is C19H20F2N2O2. The fraction of sp³-hybridized carbons (Fsp3) is 0.316. The van der Waals surface area contributed by atoms with Crippen LogP contribution in [-0.2, 0) is 6.42 Å². The van der Waals surface area contributed by atoms with Crippen molar-refractivity contribution in [2.75, 3.05) is 18.5 Å². The number of anilines is 1. The lowest BCUT2D eigenvalue weighted by molar-refractivity contribution is 0.177. The SMILES string of the molecule is O=C(Nc1cc(F)cc(F)c1)N(CCCO)C1CCc2ccccc21. The van der Waals surface area contributed by atoms with Crippen molar-refractivity contribution in [1.29, 1.82) is 0 Å². The minimum atomic E-state index is -0.747. The van der Waals surface area contributed by atoms with Gasteiger partial charge in [0, 0.05) is 24.9 Å². The summed E-state index contributed by atoms with van der Waals surface area (Å²) in [4.78, 5) is 14.4. The Kier molecular flexibility index (Phi) is 5.28. The maximum Gasteiger partial charge on any atom is 0.322 e. The lowest BCUT2D eigenvalue weighted by atomic mass is 10.1. The molecule has 0 aliphatic heterocycles. The number of benzene rings is 2. The summed E-state index contributed by atoms with van der Waals surface area (Å²) in [6.45, 7) is 0.325. The highest BCUT2D eigenvalue weighted by molar-refractivity contribution is 5.89. The molecule has 25 heavy (non-hydrogen) atoms. The minimum absolute atomic E-state index is 0.0350. The summed E-state index contributed by atoms with van der Waals surface area (Å²) in [6.07, 6.45) is 2.09. The zero-order valence-corrected chi connectivity index (χ0v) is 13.7. The molecule has 0 saturated heterocycles. The van der Waals surface area contributed by atoms with Crippen LogP contribution in [0, 0.1) is 11.6 Å². The van der Waals surface area contributed by atoms with Gasteiger partial charge in [0.25, 0.3) is 0 Å².